The average Bonchev–Trinajstić information content (AvgIpc) is 3.15. The third kappa shape index (κ3) is 41.1. The second-order valence-corrected chi connectivity index (χ2v) is 16.6. The van der Waals surface area contributed by atoms with Crippen molar-refractivity contribution in [1.29, 1.82) is 0 Å². The van der Waals surface area contributed by atoms with Gasteiger partial charge in [0.05, 0.1) is 33.9 Å². The maximum atomic E-state index is 12.7. The Morgan fingerprint density at radius 2 is 1.23 bits per heavy atom. The summed E-state index contributed by atoms with van der Waals surface area (Å²) >= 11 is 0. The quantitative estimate of drug-likeness (QED) is 0.0157. The Balaban J connectivity index is 4.60. The van der Waals surface area contributed by atoms with E-state index >= 15 is 0 Å². The van der Waals surface area contributed by atoms with Crippen LogP contribution in [-0.4, -0.2) is 86.1 Å². The number of esters is 2. The highest BCUT2D eigenvalue weighted by molar-refractivity contribution is 7.47. The maximum Gasteiger partial charge on any atom is 0.472 e. The van der Waals surface area contributed by atoms with Gasteiger partial charge in [0.15, 0.2) is 6.10 Å². The minimum atomic E-state index is -4.42. The average molecular weight is 821 g/mol. The van der Waals surface area contributed by atoms with Crippen LogP contribution >= 0.6 is 7.82 Å². The summed E-state index contributed by atoms with van der Waals surface area (Å²) in [6.45, 7) is 4.06. The Morgan fingerprint density at radius 1 is 0.649 bits per heavy atom. The van der Waals surface area contributed by atoms with Crippen molar-refractivity contribution in [2.75, 3.05) is 47.5 Å². The first-order chi connectivity index (χ1) is 27.4. The van der Waals surface area contributed by atoms with Gasteiger partial charge in [0.1, 0.15) is 19.8 Å². The molecule has 0 amide bonds. The molecule has 0 aromatic heterocycles. The summed E-state index contributed by atoms with van der Waals surface area (Å²) in [4.78, 5) is 35.3. The number of unbranched alkanes of at least 4 members (excludes halogenated alkanes) is 9. The highest BCUT2D eigenvalue weighted by atomic mass is 31.2. The Morgan fingerprint density at radius 3 is 1.89 bits per heavy atom. The molecule has 0 aliphatic carbocycles. The molecule has 326 valence electrons. The predicted molar refractivity (Wildman–Crippen MR) is 235 cm³/mol. The van der Waals surface area contributed by atoms with Crippen LogP contribution in [0.15, 0.2) is 85.1 Å². The molecule has 0 aliphatic heterocycles. The topological polar surface area (TPSA) is 129 Å². The van der Waals surface area contributed by atoms with E-state index in [0.29, 0.717) is 36.7 Å². The molecule has 0 heterocycles. The number of hydrogen-bond acceptors (Lipinski definition) is 8. The van der Waals surface area contributed by atoms with Crippen LogP contribution in [0.4, 0.5) is 0 Å². The lowest BCUT2D eigenvalue weighted by atomic mass is 10.1. The number of ether oxygens (including phenoxy) is 2. The van der Waals surface area contributed by atoms with E-state index in [0.717, 1.165) is 64.2 Å². The molecule has 0 saturated heterocycles. The molecule has 0 bridgehead atoms. The van der Waals surface area contributed by atoms with Crippen molar-refractivity contribution in [3.8, 4) is 0 Å². The van der Waals surface area contributed by atoms with E-state index in [9.17, 15) is 24.2 Å². The fourth-order valence-corrected chi connectivity index (χ4v) is 5.84. The van der Waals surface area contributed by atoms with Crippen LogP contribution in [0.5, 0.6) is 0 Å². The Bertz CT molecular complexity index is 1260. The van der Waals surface area contributed by atoms with Crippen LogP contribution in [0, 0.1) is 0 Å². The number of rotatable bonds is 37. The van der Waals surface area contributed by atoms with Gasteiger partial charge in [-0.1, -0.05) is 131 Å². The summed E-state index contributed by atoms with van der Waals surface area (Å²) in [6.07, 6.45) is 43.8. The number of allylic oxidation sites excluding steroid dienone is 12. The van der Waals surface area contributed by atoms with Crippen LogP contribution in [0.2, 0.25) is 0 Å². The molecule has 0 aromatic rings. The smallest absolute Gasteiger partial charge is 0.462 e. The molecule has 0 aromatic carbocycles. The van der Waals surface area contributed by atoms with Crippen LogP contribution in [0.25, 0.3) is 0 Å². The minimum absolute atomic E-state index is 0.00107. The normalized spacial score (nSPS) is 15.0. The van der Waals surface area contributed by atoms with Crippen LogP contribution in [0.1, 0.15) is 136 Å². The monoisotopic (exact) mass is 821 g/mol. The van der Waals surface area contributed by atoms with Gasteiger partial charge in [-0.05, 0) is 77.0 Å². The summed E-state index contributed by atoms with van der Waals surface area (Å²) in [5, 5.41) is 10.1. The van der Waals surface area contributed by atoms with Gasteiger partial charge in [0.2, 0.25) is 0 Å². The van der Waals surface area contributed by atoms with Gasteiger partial charge in [-0.15, -0.1) is 0 Å². The zero-order valence-corrected chi connectivity index (χ0v) is 37.0. The van der Waals surface area contributed by atoms with E-state index in [4.69, 9.17) is 18.5 Å². The third-order valence-corrected chi connectivity index (χ3v) is 9.47. The Kier molecular flexibility index (Phi) is 35.6. The van der Waals surface area contributed by atoms with Gasteiger partial charge in [0, 0.05) is 12.8 Å². The number of aliphatic hydroxyl groups excluding tert-OH is 1. The van der Waals surface area contributed by atoms with Crippen LogP contribution in [0.3, 0.4) is 0 Å². The molecule has 57 heavy (non-hydrogen) atoms. The Labute approximate surface area is 346 Å². The summed E-state index contributed by atoms with van der Waals surface area (Å²) in [5.41, 5.74) is 0. The summed E-state index contributed by atoms with van der Waals surface area (Å²) in [6, 6.07) is 0. The molecule has 0 saturated carbocycles. The van der Waals surface area contributed by atoms with Gasteiger partial charge < -0.3 is 24.0 Å². The number of likely N-dealkylation sites (N-methyl/N-ethyl adjacent to an activating group) is 1. The third-order valence-electron chi connectivity index (χ3n) is 8.49. The molecule has 0 fully saturated rings. The van der Waals surface area contributed by atoms with Crippen molar-refractivity contribution >= 4 is 19.8 Å². The Hall–Kier alpha value is -2.85. The molecule has 3 atom stereocenters. The largest absolute Gasteiger partial charge is 0.472 e. The van der Waals surface area contributed by atoms with Gasteiger partial charge in [0.25, 0.3) is 0 Å². The van der Waals surface area contributed by atoms with Crippen LogP contribution in [-0.2, 0) is 32.7 Å². The first-order valence-electron chi connectivity index (χ1n) is 21.4. The number of phosphoric ester groups is 1. The first-order valence-corrected chi connectivity index (χ1v) is 22.9. The van der Waals surface area contributed by atoms with Crippen molar-refractivity contribution in [3.63, 3.8) is 0 Å². The molecule has 2 N–H and O–H groups in total. The SMILES string of the molecule is CC/C=C\C/C=C\C/C=C\CCCCCCCC(=O)O[C@H](COC(=O)CCC/C=C/C=C\C(O)C/C=C\C/C=C\CCCCC)COP(=O)(O)OCC[N+](C)(C)C. The molecule has 10 nitrogen and oxygen atoms in total. The van der Waals surface area contributed by atoms with Gasteiger partial charge in [-0.2, -0.15) is 0 Å². The molecule has 2 unspecified atom stereocenters. The van der Waals surface area contributed by atoms with Crippen molar-refractivity contribution in [3.05, 3.63) is 85.1 Å². The zero-order chi connectivity index (χ0) is 42.3. The number of nitrogens with zero attached hydrogens (tertiary/aromatic N) is 1. The molecule has 0 radical (unpaired) electrons. The first kappa shape index (κ1) is 54.2. The molecular formula is C46H79NO9P+. The number of hydrogen-bond donors (Lipinski definition) is 2. The molecule has 11 heteroatoms. The van der Waals surface area contributed by atoms with Crippen molar-refractivity contribution < 1.29 is 47.2 Å². The lowest BCUT2D eigenvalue weighted by Gasteiger charge is -2.24. The number of carbonyl (C=O) groups is 2. The van der Waals surface area contributed by atoms with Crippen LogP contribution < -0.4 is 0 Å². The zero-order valence-electron chi connectivity index (χ0n) is 36.1. The second-order valence-electron chi connectivity index (χ2n) is 15.2. The maximum absolute atomic E-state index is 12.7. The second kappa shape index (κ2) is 37.4. The number of carbonyl (C=O) groups excluding carboxylic acids is 2. The van der Waals surface area contributed by atoms with E-state index in [2.05, 4.69) is 68.5 Å². The van der Waals surface area contributed by atoms with E-state index in [1.54, 1.807) is 12.2 Å². The lowest BCUT2D eigenvalue weighted by Crippen LogP contribution is -2.37. The fraction of sp³-hybridized carbons (Fsp3) is 0.652. The summed E-state index contributed by atoms with van der Waals surface area (Å²) < 4.78 is 34.1. The fourth-order valence-electron chi connectivity index (χ4n) is 5.10. The number of aliphatic hydroxyl groups is 1. The number of quaternary nitrogens is 1. The molecular weight excluding hydrogens is 741 g/mol. The van der Waals surface area contributed by atoms with Gasteiger partial charge in [-0.25, -0.2) is 4.57 Å². The predicted octanol–water partition coefficient (Wildman–Crippen LogP) is 11.0. The summed E-state index contributed by atoms with van der Waals surface area (Å²) in [7, 11) is 1.37. The van der Waals surface area contributed by atoms with E-state index in [-0.39, 0.29) is 26.1 Å². The standard InChI is InChI=1S/C46H78NO9P/c1-6-8-10-12-14-16-17-18-19-20-21-23-25-29-34-38-46(50)56-44(42-55-57(51,52)54-40-39-47(3,4)5)41-53-45(49)37-33-30-26-28-32-36-43(48)35-31-27-24-22-15-13-11-9-7-2/h8,10,14-16,18-19,22,26-28,31-32,36,43-44,48H,6-7,9,11-13,17,20-21,23-25,29-30,33-35,37-42H2,1-5H3/p+1/b10-8-,16-14-,19-18-,22-15-,28-26+,31-27-,36-32-/t43?,44-/m1/s1. The van der Waals surface area contributed by atoms with Crippen molar-refractivity contribution in [1.82, 2.24) is 0 Å². The van der Waals surface area contributed by atoms with E-state index in [1.807, 2.05) is 39.4 Å². The van der Waals surface area contributed by atoms with Gasteiger partial charge >= 0.3 is 19.8 Å². The summed E-state index contributed by atoms with van der Waals surface area (Å²) in [5.74, 6) is -0.959. The number of phosphoric acid groups is 1. The highest BCUT2D eigenvalue weighted by Crippen LogP contribution is 2.43. The lowest BCUT2D eigenvalue weighted by molar-refractivity contribution is -0.870. The van der Waals surface area contributed by atoms with E-state index in [1.165, 1.54) is 19.3 Å². The molecule has 0 aliphatic rings. The minimum Gasteiger partial charge on any atom is -0.462 e. The molecule has 0 rings (SSSR count). The van der Waals surface area contributed by atoms with Crippen molar-refractivity contribution in [2.24, 2.45) is 0 Å². The molecule has 0 spiro atoms. The van der Waals surface area contributed by atoms with E-state index < -0.39 is 38.6 Å². The van der Waals surface area contributed by atoms with Crippen molar-refractivity contribution in [2.45, 2.75) is 148 Å². The van der Waals surface area contributed by atoms with Gasteiger partial charge in [-0.3, -0.25) is 18.6 Å². The highest BCUT2D eigenvalue weighted by Gasteiger charge is 2.27.